The molecule has 0 bridgehead atoms. The first-order valence-corrected chi connectivity index (χ1v) is 5.45. The van der Waals surface area contributed by atoms with Gasteiger partial charge in [0.05, 0.1) is 13.1 Å². The molecule has 1 aromatic carbocycles. The van der Waals surface area contributed by atoms with Crippen LogP contribution < -0.4 is 15.4 Å². The maximum absolute atomic E-state index is 12.9. The van der Waals surface area contributed by atoms with E-state index in [4.69, 9.17) is 4.74 Å². The summed E-state index contributed by atoms with van der Waals surface area (Å²) >= 11 is 0. The topological polar surface area (TPSA) is 50.4 Å². The van der Waals surface area contributed by atoms with Crippen LogP contribution in [0.5, 0.6) is 5.75 Å². The lowest BCUT2D eigenvalue weighted by atomic mass is 10.3. The van der Waals surface area contributed by atoms with Crippen LogP contribution in [0.1, 0.15) is 6.92 Å². The van der Waals surface area contributed by atoms with Gasteiger partial charge >= 0.3 is 0 Å². The average Bonchev–Trinajstić information content (AvgIpc) is 2.27. The summed E-state index contributed by atoms with van der Waals surface area (Å²) in [5, 5.41) is 5.44. The van der Waals surface area contributed by atoms with E-state index in [1.165, 1.54) is 12.1 Å². The molecule has 0 aliphatic heterocycles. The highest BCUT2D eigenvalue weighted by Gasteiger charge is 2.06. The molecule has 1 unspecified atom stereocenters. The lowest BCUT2D eigenvalue weighted by Gasteiger charge is -2.15. The van der Waals surface area contributed by atoms with Crippen LogP contribution in [0.2, 0.25) is 0 Å². The summed E-state index contributed by atoms with van der Waals surface area (Å²) < 4.78 is 18.3. The number of hydrogen-bond acceptors (Lipinski definition) is 3. The van der Waals surface area contributed by atoms with Gasteiger partial charge in [0.1, 0.15) is 17.7 Å². The summed E-state index contributed by atoms with van der Waals surface area (Å²) in [5.74, 6) is 0.0245. The van der Waals surface area contributed by atoms with E-state index in [1.807, 2.05) is 6.92 Å². The average molecular weight is 277 g/mol. The van der Waals surface area contributed by atoms with Crippen LogP contribution in [-0.2, 0) is 4.79 Å². The van der Waals surface area contributed by atoms with Crippen molar-refractivity contribution in [3.8, 4) is 5.75 Å². The van der Waals surface area contributed by atoms with E-state index in [2.05, 4.69) is 10.6 Å². The molecule has 0 aliphatic rings. The zero-order valence-electron chi connectivity index (χ0n) is 10.4. The fourth-order valence-electron chi connectivity index (χ4n) is 1.29. The van der Waals surface area contributed by atoms with Crippen LogP contribution in [0.3, 0.4) is 0 Å². The number of ether oxygens (including phenoxy) is 1. The molecule has 0 aliphatic carbocycles. The molecule has 1 aromatic rings. The molecule has 0 saturated heterocycles. The van der Waals surface area contributed by atoms with Gasteiger partial charge < -0.3 is 15.4 Å². The van der Waals surface area contributed by atoms with Gasteiger partial charge in [0, 0.05) is 6.07 Å². The Morgan fingerprint density at radius 1 is 1.50 bits per heavy atom. The number of halogens is 2. The second-order valence-electron chi connectivity index (χ2n) is 3.72. The monoisotopic (exact) mass is 276 g/mol. The molecule has 2 N–H and O–H groups in total. The van der Waals surface area contributed by atoms with Crippen molar-refractivity contribution in [1.82, 2.24) is 10.6 Å². The van der Waals surface area contributed by atoms with Gasteiger partial charge in [0.15, 0.2) is 0 Å². The Kier molecular flexibility index (Phi) is 8.07. The second-order valence-corrected chi connectivity index (χ2v) is 3.72. The van der Waals surface area contributed by atoms with Crippen LogP contribution in [0.25, 0.3) is 0 Å². The normalized spacial score (nSPS) is 11.3. The molecular formula is C12H18ClFN2O2. The van der Waals surface area contributed by atoms with Gasteiger partial charge in [-0.25, -0.2) is 4.39 Å². The molecule has 0 aromatic heterocycles. The van der Waals surface area contributed by atoms with Crippen LogP contribution >= 0.6 is 12.4 Å². The van der Waals surface area contributed by atoms with Gasteiger partial charge in [-0.15, -0.1) is 12.4 Å². The van der Waals surface area contributed by atoms with E-state index >= 15 is 0 Å². The largest absolute Gasteiger partial charge is 0.489 e. The van der Waals surface area contributed by atoms with Crippen molar-refractivity contribution < 1.29 is 13.9 Å². The zero-order chi connectivity index (χ0) is 12.7. The van der Waals surface area contributed by atoms with Crippen molar-refractivity contribution in [3.05, 3.63) is 30.1 Å². The predicted octanol–water partition coefficient (Wildman–Crippen LogP) is 1.35. The smallest absolute Gasteiger partial charge is 0.234 e. The number of likely N-dealkylation sites (N-methyl/N-ethyl adjacent to an activating group) is 1. The Morgan fingerprint density at radius 2 is 2.22 bits per heavy atom. The molecule has 102 valence electrons. The molecule has 0 saturated carbocycles. The van der Waals surface area contributed by atoms with Gasteiger partial charge in [-0.05, 0) is 26.1 Å². The lowest BCUT2D eigenvalue weighted by molar-refractivity contribution is -0.120. The first-order valence-electron chi connectivity index (χ1n) is 5.45. The summed E-state index contributed by atoms with van der Waals surface area (Å²) in [6.45, 7) is 2.47. The number of carbonyl (C=O) groups excluding carboxylic acids is 1. The third-order valence-corrected chi connectivity index (χ3v) is 2.06. The maximum Gasteiger partial charge on any atom is 0.234 e. The van der Waals surface area contributed by atoms with E-state index in [0.29, 0.717) is 12.3 Å². The van der Waals surface area contributed by atoms with E-state index in [1.54, 1.807) is 19.2 Å². The molecule has 0 heterocycles. The van der Waals surface area contributed by atoms with Crippen molar-refractivity contribution in [3.63, 3.8) is 0 Å². The maximum atomic E-state index is 12.9. The number of carbonyl (C=O) groups is 1. The first kappa shape index (κ1) is 16.7. The molecular weight excluding hydrogens is 259 g/mol. The summed E-state index contributed by atoms with van der Waals surface area (Å²) in [5.41, 5.74) is 0. The second kappa shape index (κ2) is 8.72. The van der Waals surface area contributed by atoms with E-state index in [0.717, 1.165) is 0 Å². The van der Waals surface area contributed by atoms with Crippen molar-refractivity contribution in [2.24, 2.45) is 0 Å². The highest BCUT2D eigenvalue weighted by atomic mass is 35.5. The molecule has 0 spiro atoms. The Bertz CT molecular complexity index is 377. The number of nitrogens with one attached hydrogen (secondary N) is 2. The van der Waals surface area contributed by atoms with E-state index < -0.39 is 0 Å². The Balaban J connectivity index is 0.00000289. The van der Waals surface area contributed by atoms with Crippen LogP contribution in [0, 0.1) is 5.82 Å². The van der Waals surface area contributed by atoms with Crippen LogP contribution in [0.15, 0.2) is 24.3 Å². The third-order valence-electron chi connectivity index (χ3n) is 2.06. The lowest BCUT2D eigenvalue weighted by Crippen LogP contribution is -2.38. The van der Waals surface area contributed by atoms with Crippen LogP contribution in [0.4, 0.5) is 4.39 Å². The quantitative estimate of drug-likeness (QED) is 0.825. The van der Waals surface area contributed by atoms with Crippen molar-refractivity contribution >= 4 is 18.3 Å². The Morgan fingerprint density at radius 3 is 2.83 bits per heavy atom. The summed E-state index contributed by atoms with van der Waals surface area (Å²) in [6.07, 6.45) is -0.211. The number of hydrogen-bond donors (Lipinski definition) is 2. The van der Waals surface area contributed by atoms with Crippen molar-refractivity contribution in [2.45, 2.75) is 13.0 Å². The Hall–Kier alpha value is -1.33. The molecule has 1 amide bonds. The van der Waals surface area contributed by atoms with Gasteiger partial charge in [0.2, 0.25) is 5.91 Å². The molecule has 4 nitrogen and oxygen atoms in total. The fourth-order valence-corrected chi connectivity index (χ4v) is 1.29. The molecule has 1 rings (SSSR count). The molecule has 0 radical (unpaired) electrons. The summed E-state index contributed by atoms with van der Waals surface area (Å²) in [6, 6.07) is 5.92. The number of benzene rings is 1. The molecule has 6 heteroatoms. The first-order chi connectivity index (χ1) is 8.11. The van der Waals surface area contributed by atoms with Crippen LogP contribution in [-0.4, -0.2) is 32.1 Å². The van der Waals surface area contributed by atoms with Gasteiger partial charge in [-0.2, -0.15) is 0 Å². The minimum Gasteiger partial charge on any atom is -0.489 e. The van der Waals surface area contributed by atoms with Gasteiger partial charge in [0.25, 0.3) is 0 Å². The van der Waals surface area contributed by atoms with Gasteiger partial charge in [-0.1, -0.05) is 6.07 Å². The molecule has 1 atom stereocenters. The standard InChI is InChI=1S/C12H17FN2O2.ClH/c1-9(7-15-12(16)8-14-2)17-11-5-3-4-10(13)6-11;/h3-6,9,14H,7-8H2,1-2H3,(H,15,16);1H. The highest BCUT2D eigenvalue weighted by Crippen LogP contribution is 2.13. The summed E-state index contributed by atoms with van der Waals surface area (Å²) in [7, 11) is 1.70. The number of rotatable bonds is 6. The van der Waals surface area contributed by atoms with Crippen molar-refractivity contribution in [1.29, 1.82) is 0 Å². The van der Waals surface area contributed by atoms with Crippen molar-refractivity contribution in [2.75, 3.05) is 20.1 Å². The zero-order valence-corrected chi connectivity index (χ0v) is 11.2. The predicted molar refractivity (Wildman–Crippen MR) is 70.7 cm³/mol. The highest BCUT2D eigenvalue weighted by molar-refractivity contribution is 5.85. The third kappa shape index (κ3) is 6.42. The Labute approximate surface area is 112 Å². The SMILES string of the molecule is CNCC(=O)NCC(C)Oc1cccc(F)c1.Cl. The molecule has 0 fully saturated rings. The number of amides is 1. The minimum absolute atomic E-state index is 0. The van der Waals surface area contributed by atoms with E-state index in [-0.39, 0.29) is 36.8 Å². The summed E-state index contributed by atoms with van der Waals surface area (Å²) in [4.78, 5) is 11.2. The van der Waals surface area contributed by atoms with Gasteiger partial charge in [-0.3, -0.25) is 4.79 Å². The minimum atomic E-state index is -0.339. The molecule has 18 heavy (non-hydrogen) atoms. The van der Waals surface area contributed by atoms with E-state index in [9.17, 15) is 9.18 Å². The fraction of sp³-hybridized carbons (Fsp3) is 0.417.